The minimum atomic E-state index is -2.57. The fourth-order valence-corrected chi connectivity index (χ4v) is 2.52. The highest BCUT2D eigenvalue weighted by Crippen LogP contribution is 2.33. The van der Waals surface area contributed by atoms with Crippen LogP contribution in [0.3, 0.4) is 0 Å². The van der Waals surface area contributed by atoms with Crippen LogP contribution in [0.2, 0.25) is 5.02 Å². The third kappa shape index (κ3) is 2.61. The van der Waals surface area contributed by atoms with Gasteiger partial charge in [-0.1, -0.05) is 27.5 Å². The second-order valence-electron chi connectivity index (χ2n) is 3.66. The molecule has 1 heterocycles. The summed E-state index contributed by atoms with van der Waals surface area (Å²) in [5.74, 6) is -2.57. The summed E-state index contributed by atoms with van der Waals surface area (Å²) in [4.78, 5) is 1.65. The van der Waals surface area contributed by atoms with Gasteiger partial charge in [0.15, 0.2) is 0 Å². The van der Waals surface area contributed by atoms with Crippen LogP contribution in [0.15, 0.2) is 22.7 Å². The molecule has 82 valence electrons. The van der Waals surface area contributed by atoms with Gasteiger partial charge in [-0.05, 0) is 18.2 Å². The molecule has 0 saturated carbocycles. The second-order valence-corrected chi connectivity index (χ2v) is 5.01. The third-order valence-electron chi connectivity index (χ3n) is 2.38. The maximum atomic E-state index is 13.0. The van der Waals surface area contributed by atoms with Gasteiger partial charge in [0.1, 0.15) is 0 Å². The van der Waals surface area contributed by atoms with Gasteiger partial charge < -0.3 is 4.90 Å². The van der Waals surface area contributed by atoms with Crippen molar-refractivity contribution in [1.82, 2.24) is 0 Å². The Morgan fingerprint density at radius 2 is 2.07 bits per heavy atom. The van der Waals surface area contributed by atoms with Crippen molar-refractivity contribution in [2.24, 2.45) is 0 Å². The van der Waals surface area contributed by atoms with Gasteiger partial charge in [-0.15, -0.1) is 0 Å². The Morgan fingerprint density at radius 3 is 2.60 bits per heavy atom. The topological polar surface area (TPSA) is 3.24 Å². The molecule has 5 heteroatoms. The highest BCUT2D eigenvalue weighted by atomic mass is 79.9. The SMILES string of the molecule is FC1(F)CCN(c2cc(Cl)cc(Br)c2)C1. The summed E-state index contributed by atoms with van der Waals surface area (Å²) in [6.45, 7) is 0.152. The predicted molar refractivity (Wildman–Crippen MR) is 60.9 cm³/mol. The maximum absolute atomic E-state index is 13.0. The number of anilines is 1. The molecule has 0 atom stereocenters. The lowest BCUT2D eigenvalue weighted by molar-refractivity contribution is 0.0257. The van der Waals surface area contributed by atoms with E-state index in [1.807, 2.05) is 0 Å². The molecule has 15 heavy (non-hydrogen) atoms. The van der Waals surface area contributed by atoms with Crippen LogP contribution in [0.4, 0.5) is 14.5 Å². The Kier molecular flexibility index (Phi) is 2.90. The second kappa shape index (κ2) is 3.91. The quantitative estimate of drug-likeness (QED) is 0.758. The van der Waals surface area contributed by atoms with E-state index >= 15 is 0 Å². The lowest BCUT2D eigenvalue weighted by atomic mass is 10.3. The van der Waals surface area contributed by atoms with E-state index in [0.717, 1.165) is 10.2 Å². The summed E-state index contributed by atoms with van der Waals surface area (Å²) in [6.07, 6.45) is -0.0862. The van der Waals surface area contributed by atoms with Crippen LogP contribution in [0.25, 0.3) is 0 Å². The summed E-state index contributed by atoms with van der Waals surface area (Å²) >= 11 is 9.15. The van der Waals surface area contributed by atoms with Crippen molar-refractivity contribution in [2.75, 3.05) is 18.0 Å². The molecule has 2 rings (SSSR count). The van der Waals surface area contributed by atoms with Gasteiger partial charge in [-0.3, -0.25) is 0 Å². The van der Waals surface area contributed by atoms with Gasteiger partial charge in [-0.2, -0.15) is 0 Å². The van der Waals surface area contributed by atoms with Crippen LogP contribution in [0.1, 0.15) is 6.42 Å². The van der Waals surface area contributed by atoms with Gasteiger partial charge in [0, 0.05) is 28.1 Å². The van der Waals surface area contributed by atoms with Crippen LogP contribution in [0.5, 0.6) is 0 Å². The number of alkyl halides is 2. The average molecular weight is 297 g/mol. The minimum absolute atomic E-state index is 0.0862. The normalized spacial score (nSPS) is 19.6. The van der Waals surface area contributed by atoms with Crippen LogP contribution in [0, 0.1) is 0 Å². The van der Waals surface area contributed by atoms with E-state index in [9.17, 15) is 8.78 Å². The highest BCUT2D eigenvalue weighted by Gasteiger charge is 2.38. The van der Waals surface area contributed by atoms with Crippen LogP contribution in [-0.2, 0) is 0 Å². The van der Waals surface area contributed by atoms with Crippen molar-refractivity contribution in [2.45, 2.75) is 12.3 Å². The van der Waals surface area contributed by atoms with Crippen molar-refractivity contribution in [3.05, 3.63) is 27.7 Å². The van der Waals surface area contributed by atoms with Gasteiger partial charge >= 0.3 is 0 Å². The fraction of sp³-hybridized carbons (Fsp3) is 0.400. The standard InChI is InChI=1S/C10H9BrClF2N/c11-7-3-8(12)5-9(4-7)15-2-1-10(13,14)6-15/h3-5H,1-2,6H2. The molecule has 0 bridgehead atoms. The van der Waals surface area contributed by atoms with Crippen LogP contribution >= 0.6 is 27.5 Å². The number of rotatable bonds is 1. The molecule has 1 aromatic carbocycles. The predicted octanol–water partition coefficient (Wildman–Crippen LogP) is 3.95. The van der Waals surface area contributed by atoms with Gasteiger partial charge in [0.2, 0.25) is 0 Å². The van der Waals surface area contributed by atoms with E-state index in [0.29, 0.717) is 11.6 Å². The first-order chi connectivity index (χ1) is 6.96. The average Bonchev–Trinajstić information content (AvgIpc) is 2.44. The molecule has 1 aliphatic heterocycles. The lowest BCUT2D eigenvalue weighted by Crippen LogP contribution is -2.24. The van der Waals surface area contributed by atoms with E-state index in [2.05, 4.69) is 15.9 Å². The molecule has 0 unspecified atom stereocenters. The summed E-state index contributed by atoms with van der Waals surface area (Å²) in [7, 11) is 0. The lowest BCUT2D eigenvalue weighted by Gasteiger charge is -2.18. The monoisotopic (exact) mass is 295 g/mol. The molecule has 0 aliphatic carbocycles. The molecule has 0 amide bonds. The minimum Gasteiger partial charge on any atom is -0.365 e. The maximum Gasteiger partial charge on any atom is 0.266 e. The summed E-state index contributed by atoms with van der Waals surface area (Å²) < 4.78 is 26.8. The molecular formula is C10H9BrClF2N. The van der Waals surface area contributed by atoms with Crippen molar-refractivity contribution in [1.29, 1.82) is 0 Å². The molecule has 0 N–H and O–H groups in total. The zero-order valence-corrected chi connectivity index (χ0v) is 10.2. The van der Waals surface area contributed by atoms with E-state index in [1.165, 1.54) is 0 Å². The number of halogens is 4. The van der Waals surface area contributed by atoms with Gasteiger partial charge in [0.05, 0.1) is 6.54 Å². The Labute approximate surface area is 100 Å². The number of nitrogens with zero attached hydrogens (tertiary/aromatic N) is 1. The molecule has 1 fully saturated rings. The summed E-state index contributed by atoms with van der Waals surface area (Å²) in [6, 6.07) is 5.24. The zero-order chi connectivity index (χ0) is 11.1. The molecule has 1 nitrogen and oxygen atoms in total. The van der Waals surface area contributed by atoms with Gasteiger partial charge in [-0.25, -0.2) is 8.78 Å². The first-order valence-corrected chi connectivity index (χ1v) is 5.72. The van der Waals surface area contributed by atoms with E-state index < -0.39 is 5.92 Å². The van der Waals surface area contributed by atoms with Crippen LogP contribution in [-0.4, -0.2) is 19.0 Å². The molecule has 0 spiro atoms. The first-order valence-electron chi connectivity index (χ1n) is 4.55. The molecule has 1 aliphatic rings. The summed E-state index contributed by atoms with van der Waals surface area (Å²) in [5, 5.41) is 0.551. The molecule has 0 aromatic heterocycles. The zero-order valence-electron chi connectivity index (χ0n) is 7.81. The van der Waals surface area contributed by atoms with E-state index in [-0.39, 0.29) is 13.0 Å². The molecule has 1 saturated heterocycles. The summed E-state index contributed by atoms with van der Waals surface area (Å²) in [5.41, 5.74) is 0.742. The number of hydrogen-bond donors (Lipinski definition) is 0. The Morgan fingerprint density at radius 1 is 1.33 bits per heavy atom. The van der Waals surface area contributed by atoms with E-state index in [1.54, 1.807) is 23.1 Å². The third-order valence-corrected chi connectivity index (χ3v) is 3.06. The highest BCUT2D eigenvalue weighted by molar-refractivity contribution is 9.10. The van der Waals surface area contributed by atoms with Crippen molar-refractivity contribution in [3.63, 3.8) is 0 Å². The smallest absolute Gasteiger partial charge is 0.266 e. The van der Waals surface area contributed by atoms with Crippen molar-refractivity contribution >= 4 is 33.2 Å². The van der Waals surface area contributed by atoms with Crippen molar-refractivity contribution in [3.8, 4) is 0 Å². The molecular weight excluding hydrogens is 287 g/mol. The fourth-order valence-electron chi connectivity index (χ4n) is 1.68. The van der Waals surface area contributed by atoms with Gasteiger partial charge in [0.25, 0.3) is 5.92 Å². The Hall–Kier alpha value is -0.350. The van der Waals surface area contributed by atoms with Crippen LogP contribution < -0.4 is 4.90 Å². The largest absolute Gasteiger partial charge is 0.365 e. The van der Waals surface area contributed by atoms with E-state index in [4.69, 9.17) is 11.6 Å². The number of benzene rings is 1. The Balaban J connectivity index is 2.24. The number of hydrogen-bond acceptors (Lipinski definition) is 1. The van der Waals surface area contributed by atoms with Crippen molar-refractivity contribution < 1.29 is 8.78 Å². The molecule has 1 aromatic rings. The first kappa shape index (κ1) is 11.1. The Bertz CT molecular complexity index is 363. The molecule has 0 radical (unpaired) electrons.